The van der Waals surface area contributed by atoms with Crippen LogP contribution in [0.2, 0.25) is 0 Å². The fourth-order valence-electron chi connectivity index (χ4n) is 2.06. The molecule has 1 heterocycles. The molecule has 0 atom stereocenters. The van der Waals surface area contributed by atoms with Crippen LogP contribution in [0.25, 0.3) is 0 Å². The highest BCUT2D eigenvalue weighted by atomic mass is 35.5. The van der Waals surface area contributed by atoms with Gasteiger partial charge in [-0.2, -0.15) is 0 Å². The Labute approximate surface area is 130 Å². The molecule has 1 aromatic carbocycles. The maximum Gasteiger partial charge on any atom is 0.238 e. The van der Waals surface area contributed by atoms with E-state index >= 15 is 0 Å². The lowest BCUT2D eigenvalue weighted by Crippen LogP contribution is -2.30. The molecule has 0 radical (unpaired) electrons. The molecule has 1 aliphatic heterocycles. The maximum atomic E-state index is 11.8. The minimum atomic E-state index is -3.17. The van der Waals surface area contributed by atoms with Gasteiger partial charge < -0.3 is 15.4 Å². The molecule has 0 bridgehead atoms. The van der Waals surface area contributed by atoms with Crippen molar-refractivity contribution < 1.29 is 17.9 Å². The summed E-state index contributed by atoms with van der Waals surface area (Å²) in [6.07, 6.45) is 0.546. The van der Waals surface area contributed by atoms with E-state index in [1.807, 2.05) is 0 Å². The van der Waals surface area contributed by atoms with E-state index < -0.39 is 9.84 Å². The topological polar surface area (TPSA) is 84.5 Å². The van der Waals surface area contributed by atoms with Gasteiger partial charge in [-0.15, -0.1) is 12.4 Å². The van der Waals surface area contributed by atoms with Crippen molar-refractivity contribution in [1.82, 2.24) is 5.32 Å². The van der Waals surface area contributed by atoms with Crippen molar-refractivity contribution in [2.45, 2.75) is 11.3 Å². The molecular formula is C13H19ClN2O4S. The molecule has 0 unspecified atom stereocenters. The quantitative estimate of drug-likeness (QED) is 0.745. The van der Waals surface area contributed by atoms with Crippen LogP contribution in [0.5, 0.6) is 0 Å². The molecule has 6 nitrogen and oxygen atoms in total. The summed E-state index contributed by atoms with van der Waals surface area (Å²) in [5.74, 6) is -0.0605. The molecular weight excluding hydrogens is 316 g/mol. The highest BCUT2D eigenvalue weighted by molar-refractivity contribution is 7.91. The minimum Gasteiger partial charge on any atom is -0.383 e. The number of amides is 1. The Bertz CT molecular complexity index is 604. The number of fused-ring (bicyclic) bond motifs is 1. The predicted molar refractivity (Wildman–Crippen MR) is 82.8 cm³/mol. The summed E-state index contributed by atoms with van der Waals surface area (Å²) in [5.41, 5.74) is 1.33. The number of hydrogen-bond donors (Lipinski definition) is 2. The molecule has 21 heavy (non-hydrogen) atoms. The average Bonchev–Trinajstić information content (AvgIpc) is 2.71. The van der Waals surface area contributed by atoms with E-state index in [9.17, 15) is 13.2 Å². The second-order valence-corrected chi connectivity index (χ2v) is 6.69. The van der Waals surface area contributed by atoms with E-state index in [1.165, 1.54) is 6.07 Å². The zero-order valence-electron chi connectivity index (χ0n) is 11.7. The first kappa shape index (κ1) is 17.9. The summed E-state index contributed by atoms with van der Waals surface area (Å²) in [6, 6.07) is 5.02. The average molecular weight is 335 g/mol. The number of halogens is 1. The number of carbonyl (C=O) groups is 1. The second-order valence-electron chi connectivity index (χ2n) is 4.61. The number of hydrogen-bond acceptors (Lipinski definition) is 5. The molecule has 2 rings (SSSR count). The Morgan fingerprint density at radius 1 is 1.38 bits per heavy atom. The lowest BCUT2D eigenvalue weighted by atomic mass is 10.1. The molecule has 118 valence electrons. The van der Waals surface area contributed by atoms with Crippen LogP contribution >= 0.6 is 12.4 Å². The molecule has 2 N–H and O–H groups in total. The third kappa shape index (κ3) is 4.67. The fourth-order valence-corrected chi connectivity index (χ4v) is 3.65. The van der Waals surface area contributed by atoms with Crippen LogP contribution in [0.15, 0.2) is 23.1 Å². The van der Waals surface area contributed by atoms with Crippen molar-refractivity contribution >= 4 is 33.8 Å². The zero-order chi connectivity index (χ0) is 14.6. The van der Waals surface area contributed by atoms with E-state index in [-0.39, 0.29) is 30.6 Å². The number of benzene rings is 1. The Morgan fingerprint density at radius 3 is 2.86 bits per heavy atom. The Morgan fingerprint density at radius 2 is 2.14 bits per heavy atom. The van der Waals surface area contributed by atoms with Gasteiger partial charge in [0.2, 0.25) is 5.91 Å². The molecule has 1 aromatic rings. The molecule has 0 spiro atoms. The molecule has 0 saturated heterocycles. The number of methoxy groups -OCH3 is 1. The van der Waals surface area contributed by atoms with Crippen LogP contribution in [0.3, 0.4) is 0 Å². The van der Waals surface area contributed by atoms with Crippen LogP contribution in [-0.2, 0) is 25.8 Å². The van der Waals surface area contributed by atoms with E-state index in [2.05, 4.69) is 10.6 Å². The van der Waals surface area contributed by atoms with Crippen LogP contribution < -0.4 is 10.6 Å². The highest BCUT2D eigenvalue weighted by Crippen LogP contribution is 2.28. The summed E-state index contributed by atoms with van der Waals surface area (Å²) >= 11 is 0. The van der Waals surface area contributed by atoms with Crippen molar-refractivity contribution in [2.24, 2.45) is 0 Å². The smallest absolute Gasteiger partial charge is 0.238 e. The van der Waals surface area contributed by atoms with Crippen LogP contribution in [0, 0.1) is 0 Å². The van der Waals surface area contributed by atoms with Gasteiger partial charge in [0.25, 0.3) is 0 Å². The lowest BCUT2D eigenvalue weighted by molar-refractivity contribution is -0.115. The van der Waals surface area contributed by atoms with Gasteiger partial charge in [-0.3, -0.25) is 4.79 Å². The molecule has 0 aromatic heterocycles. The number of nitrogens with one attached hydrogen (secondary N) is 2. The summed E-state index contributed by atoms with van der Waals surface area (Å²) in [4.78, 5) is 12.0. The number of aryl methyl sites for hydroxylation is 1. The number of anilines is 1. The van der Waals surface area contributed by atoms with Crippen molar-refractivity contribution in [3.63, 3.8) is 0 Å². The van der Waals surface area contributed by atoms with Gasteiger partial charge in [-0.25, -0.2) is 8.42 Å². The summed E-state index contributed by atoms with van der Waals surface area (Å²) in [5, 5.41) is 5.60. The third-order valence-corrected chi connectivity index (χ3v) is 4.89. The molecule has 1 aliphatic rings. The highest BCUT2D eigenvalue weighted by Gasteiger charge is 2.26. The summed E-state index contributed by atoms with van der Waals surface area (Å²) in [6.45, 7) is 1.28. The van der Waals surface area contributed by atoms with E-state index in [0.29, 0.717) is 30.2 Å². The van der Waals surface area contributed by atoms with E-state index in [0.717, 1.165) is 5.56 Å². The standard InChI is InChI=1S/C13H18N2O4S.ClH/c1-19-6-5-14-9-13(16)15-11-3-2-10-4-7-20(17,18)12(10)8-11;/h2-3,8,14H,4-7,9H2,1H3,(H,15,16);1H. The fraction of sp³-hybridized carbons (Fsp3) is 0.462. The van der Waals surface area contributed by atoms with Crippen molar-refractivity contribution in [3.8, 4) is 0 Å². The van der Waals surface area contributed by atoms with Gasteiger partial charge in [0.05, 0.1) is 23.8 Å². The van der Waals surface area contributed by atoms with Gasteiger partial charge in [0, 0.05) is 19.3 Å². The SMILES string of the molecule is COCCNCC(=O)Nc1ccc2c(c1)S(=O)(=O)CC2.Cl. The van der Waals surface area contributed by atoms with Gasteiger partial charge in [-0.1, -0.05) is 6.07 Å². The van der Waals surface area contributed by atoms with E-state index in [4.69, 9.17) is 4.74 Å². The molecule has 0 saturated carbocycles. The first-order valence-corrected chi connectivity index (χ1v) is 8.03. The second kappa shape index (κ2) is 7.74. The van der Waals surface area contributed by atoms with Crippen molar-refractivity contribution in [1.29, 1.82) is 0 Å². The minimum absolute atomic E-state index is 0. The normalized spacial score (nSPS) is 15.1. The Kier molecular flexibility index (Phi) is 6.60. The van der Waals surface area contributed by atoms with E-state index in [1.54, 1.807) is 19.2 Å². The van der Waals surface area contributed by atoms with Gasteiger partial charge >= 0.3 is 0 Å². The summed E-state index contributed by atoms with van der Waals surface area (Å²) < 4.78 is 28.4. The molecule has 0 fully saturated rings. The summed E-state index contributed by atoms with van der Waals surface area (Å²) in [7, 11) is -1.58. The number of ether oxygens (including phenoxy) is 1. The van der Waals surface area contributed by atoms with Crippen molar-refractivity contribution in [2.75, 3.05) is 37.9 Å². The first-order chi connectivity index (χ1) is 9.53. The Balaban J connectivity index is 0.00000220. The van der Waals surface area contributed by atoms with Crippen molar-refractivity contribution in [3.05, 3.63) is 23.8 Å². The third-order valence-electron chi connectivity index (χ3n) is 3.09. The molecule has 0 aliphatic carbocycles. The zero-order valence-corrected chi connectivity index (χ0v) is 13.4. The van der Waals surface area contributed by atoms with Crippen LogP contribution in [0.4, 0.5) is 5.69 Å². The lowest BCUT2D eigenvalue weighted by Gasteiger charge is -2.08. The first-order valence-electron chi connectivity index (χ1n) is 6.38. The molecule has 8 heteroatoms. The largest absolute Gasteiger partial charge is 0.383 e. The van der Waals surface area contributed by atoms with Gasteiger partial charge in [-0.05, 0) is 24.1 Å². The Hall–Kier alpha value is -1.15. The number of carbonyl (C=O) groups excluding carboxylic acids is 1. The van der Waals surface area contributed by atoms with Crippen LogP contribution in [-0.4, -0.2) is 46.9 Å². The number of sulfone groups is 1. The number of rotatable bonds is 6. The monoisotopic (exact) mass is 334 g/mol. The van der Waals surface area contributed by atoms with Gasteiger partial charge in [0.15, 0.2) is 9.84 Å². The predicted octanol–water partition coefficient (Wildman–Crippen LogP) is 0.613. The van der Waals surface area contributed by atoms with Crippen LogP contribution in [0.1, 0.15) is 5.56 Å². The maximum absolute atomic E-state index is 11.8. The molecule has 1 amide bonds. The van der Waals surface area contributed by atoms with Gasteiger partial charge in [0.1, 0.15) is 0 Å².